The fourth-order valence-electron chi connectivity index (χ4n) is 4.29. The maximum atomic E-state index is 13.3. The van der Waals surface area contributed by atoms with Crippen LogP contribution in [0.4, 0.5) is 0 Å². The largest absolute Gasteiger partial charge is 1.00 e. The van der Waals surface area contributed by atoms with E-state index in [9.17, 15) is 9.59 Å². The van der Waals surface area contributed by atoms with Crippen molar-refractivity contribution in [2.24, 2.45) is 4.99 Å². The molecular weight excluding hydrogens is 509 g/mol. The van der Waals surface area contributed by atoms with Crippen LogP contribution in [0.2, 0.25) is 0 Å². The van der Waals surface area contributed by atoms with Gasteiger partial charge in [-0.2, -0.15) is 5.32 Å². The minimum absolute atomic E-state index is 0. The Hall–Kier alpha value is -2.67. The van der Waals surface area contributed by atoms with Gasteiger partial charge in [0.05, 0.1) is 6.04 Å². The standard InChI is InChI=1S/C25H27N5O2.3ClH/c26-21(15-20-16-27-17-28-20)25(32)30-13-7-12-23(30)24(31)29-22(19-10-5-2-6-11-19)14-18-8-3-1-4-9-18;;;/h1-6,8-11,16,21-23H,7,12-15,26H2,(H-,27,28,29,31);3*1H/p-1/t21-,22-,23-;;;/m0.../s1. The lowest BCUT2D eigenvalue weighted by Gasteiger charge is -2.27. The van der Waals surface area contributed by atoms with Crippen molar-refractivity contribution in [2.45, 2.75) is 43.8 Å². The average Bonchev–Trinajstić information content (AvgIpc) is 3.51. The molecule has 4 rings (SSSR count). The molecule has 2 aromatic carbocycles. The predicted molar refractivity (Wildman–Crippen MR) is 122 cm³/mol. The van der Waals surface area contributed by atoms with Crippen molar-refractivity contribution in [2.75, 3.05) is 6.54 Å². The number of likely N-dealkylation sites (tertiary alicyclic amines) is 1. The molecule has 35 heavy (non-hydrogen) atoms. The van der Waals surface area contributed by atoms with Gasteiger partial charge in [-0.25, -0.2) is 0 Å². The molecule has 0 unspecified atom stereocenters. The normalized spacial score (nSPS) is 17.3. The number of nitrogens with one attached hydrogen (secondary N) is 2. The molecule has 2 heterocycles. The Balaban J connectivity index is 0.00000204. The Labute approximate surface area is 224 Å². The molecular formula is C25H29Cl3N5O2-. The van der Waals surface area contributed by atoms with Crippen LogP contribution in [0, 0.1) is 0 Å². The maximum Gasteiger partial charge on any atom is 0.283 e. The molecule has 2 aliphatic heterocycles. The van der Waals surface area contributed by atoms with Crippen molar-refractivity contribution < 1.29 is 52.5 Å². The molecule has 0 radical (unpaired) electrons. The zero-order valence-electron chi connectivity index (χ0n) is 19.2. The summed E-state index contributed by atoms with van der Waals surface area (Å²) in [6, 6.07) is 19.0. The van der Waals surface area contributed by atoms with Crippen LogP contribution in [-0.2, 0) is 16.0 Å². The third-order valence-corrected chi connectivity index (χ3v) is 5.95. The van der Waals surface area contributed by atoms with Crippen LogP contribution in [-0.4, -0.2) is 41.7 Å². The molecule has 1 saturated heterocycles. The van der Waals surface area contributed by atoms with Crippen molar-refractivity contribution in [3.05, 3.63) is 83.7 Å². The third kappa shape index (κ3) is 7.92. The molecule has 2 aliphatic rings. The highest BCUT2D eigenvalue weighted by atomic mass is 35.5. The highest BCUT2D eigenvalue weighted by molar-refractivity contribution is 5.90. The van der Waals surface area contributed by atoms with Crippen LogP contribution in [0.3, 0.4) is 0 Å². The van der Waals surface area contributed by atoms with Gasteiger partial charge in [-0.3, -0.25) is 9.59 Å². The summed E-state index contributed by atoms with van der Waals surface area (Å²) >= 11 is 0. The average molecular weight is 538 g/mol. The Morgan fingerprint density at radius 2 is 1.71 bits per heavy atom. The first-order valence-corrected chi connectivity index (χ1v) is 11.0. The molecule has 0 bridgehead atoms. The molecule has 0 spiro atoms. The lowest BCUT2D eigenvalue weighted by Crippen LogP contribution is -3.00. The van der Waals surface area contributed by atoms with Crippen molar-refractivity contribution in [3.63, 3.8) is 0 Å². The number of nitrogens with zero attached hydrogens (tertiary/aromatic N) is 2. The zero-order valence-corrected chi connectivity index (χ0v) is 21.4. The Bertz CT molecular complexity index is 1000. The molecule has 5 N–H and O–H groups in total. The second-order valence-electron chi connectivity index (χ2n) is 8.26. The fourth-order valence-corrected chi connectivity index (χ4v) is 4.29. The quantitative estimate of drug-likeness (QED) is 0.292. The SMILES string of the molecule is [Cl-].[Cl-].[Cl-].[NH3+][C@@H](CC1=CN[C+]=N1)C(=O)N1CCC[C@H]1C(=O)N[C@@H](Cc1ccccc1)c1ccccc1. The van der Waals surface area contributed by atoms with E-state index < -0.39 is 12.1 Å². The lowest BCUT2D eigenvalue weighted by atomic mass is 9.98. The van der Waals surface area contributed by atoms with Crippen molar-refractivity contribution >= 4 is 18.2 Å². The van der Waals surface area contributed by atoms with E-state index in [4.69, 9.17) is 0 Å². The van der Waals surface area contributed by atoms with Crippen LogP contribution < -0.4 is 53.6 Å². The molecule has 3 atom stereocenters. The van der Waals surface area contributed by atoms with Gasteiger partial charge in [-0.1, -0.05) is 60.7 Å². The first-order valence-electron chi connectivity index (χ1n) is 11.0. The summed E-state index contributed by atoms with van der Waals surface area (Å²) in [4.78, 5) is 32.1. The highest BCUT2D eigenvalue weighted by Gasteiger charge is 2.39. The minimum Gasteiger partial charge on any atom is -1.00 e. The van der Waals surface area contributed by atoms with E-state index in [-0.39, 0.29) is 55.1 Å². The van der Waals surface area contributed by atoms with Crippen molar-refractivity contribution in [1.82, 2.24) is 15.5 Å². The van der Waals surface area contributed by atoms with Crippen LogP contribution in [0.1, 0.15) is 36.4 Å². The maximum absolute atomic E-state index is 13.3. The number of rotatable bonds is 8. The summed E-state index contributed by atoms with van der Waals surface area (Å²) in [5.74, 6) is -0.217. The van der Waals surface area contributed by atoms with E-state index in [1.807, 2.05) is 48.5 Å². The summed E-state index contributed by atoms with van der Waals surface area (Å²) in [5.41, 5.74) is 6.96. The smallest absolute Gasteiger partial charge is 0.283 e. The van der Waals surface area contributed by atoms with Crippen molar-refractivity contribution in [3.8, 4) is 0 Å². The summed E-state index contributed by atoms with van der Waals surface area (Å²) in [7, 11) is 0. The number of quaternary nitrogens is 1. The number of hydrogen-bond acceptors (Lipinski definition) is 4. The Morgan fingerprint density at radius 1 is 1.06 bits per heavy atom. The van der Waals surface area contributed by atoms with E-state index in [1.54, 1.807) is 11.1 Å². The minimum atomic E-state index is -0.491. The highest BCUT2D eigenvalue weighted by Crippen LogP contribution is 2.23. The van der Waals surface area contributed by atoms with E-state index in [0.29, 0.717) is 25.8 Å². The van der Waals surface area contributed by atoms with Gasteiger partial charge in [0.2, 0.25) is 11.6 Å². The summed E-state index contributed by atoms with van der Waals surface area (Å²) in [6.07, 6.45) is 6.93. The van der Waals surface area contributed by atoms with Crippen LogP contribution in [0.5, 0.6) is 0 Å². The first-order chi connectivity index (χ1) is 15.6. The number of aliphatic imine (C=N–C) groups is 1. The van der Waals surface area contributed by atoms with Crippen LogP contribution >= 0.6 is 0 Å². The topological polar surface area (TPSA) is 101 Å². The zero-order chi connectivity index (χ0) is 22.3. The Morgan fingerprint density at radius 3 is 2.34 bits per heavy atom. The summed E-state index contributed by atoms with van der Waals surface area (Å²) in [5, 5.41) is 5.99. The molecule has 2 aromatic rings. The van der Waals surface area contributed by atoms with Gasteiger partial charge >= 0.3 is 0 Å². The van der Waals surface area contributed by atoms with Crippen molar-refractivity contribution in [1.29, 1.82) is 0 Å². The molecule has 1 fully saturated rings. The number of carbonyl (C=O) groups excluding carboxylic acids is 2. The Kier molecular flexibility index (Phi) is 12.7. The number of carbonyl (C=O) groups is 2. The predicted octanol–water partition coefficient (Wildman–Crippen LogP) is -7.56. The molecule has 0 aliphatic carbocycles. The van der Waals surface area contributed by atoms with E-state index in [1.165, 1.54) is 0 Å². The van der Waals surface area contributed by atoms with Crippen LogP contribution in [0.25, 0.3) is 0 Å². The van der Waals surface area contributed by atoms with Gasteiger partial charge < -0.3 is 53.2 Å². The lowest BCUT2D eigenvalue weighted by molar-refractivity contribution is -0.405. The van der Waals surface area contributed by atoms with E-state index in [2.05, 4.69) is 39.8 Å². The number of halogens is 3. The number of amides is 2. The summed E-state index contributed by atoms with van der Waals surface area (Å²) < 4.78 is 0. The molecule has 2 amide bonds. The number of benzene rings is 2. The van der Waals surface area contributed by atoms with Gasteiger partial charge in [-0.15, -0.1) is 0 Å². The van der Waals surface area contributed by atoms with Gasteiger partial charge in [0.1, 0.15) is 12.5 Å². The van der Waals surface area contributed by atoms with Gasteiger partial charge in [0, 0.05) is 6.54 Å². The summed E-state index contributed by atoms with van der Waals surface area (Å²) in [6.45, 7) is 0.574. The number of hydrogen-bond donors (Lipinski definition) is 3. The first kappa shape index (κ1) is 30.4. The molecule has 7 nitrogen and oxygen atoms in total. The fraction of sp³-hybridized carbons (Fsp3) is 0.320. The molecule has 0 saturated carbocycles. The van der Waals surface area contributed by atoms with Gasteiger partial charge in [0.15, 0.2) is 12.2 Å². The van der Waals surface area contributed by atoms with Gasteiger partial charge in [-0.05, 0) is 35.4 Å². The molecule has 0 aromatic heterocycles. The monoisotopic (exact) mass is 536 g/mol. The van der Waals surface area contributed by atoms with E-state index in [0.717, 1.165) is 23.2 Å². The molecule has 10 heteroatoms. The third-order valence-electron chi connectivity index (χ3n) is 5.95. The second-order valence-corrected chi connectivity index (χ2v) is 8.26. The van der Waals surface area contributed by atoms with Crippen LogP contribution in [0.15, 0.2) is 77.6 Å². The second kappa shape index (κ2) is 14.7. The van der Waals surface area contributed by atoms with E-state index >= 15 is 0 Å². The molecule has 188 valence electrons. The van der Waals surface area contributed by atoms with Gasteiger partial charge in [0.25, 0.3) is 12.2 Å².